The number of halogens is 1. The molecule has 0 radical (unpaired) electrons. The van der Waals surface area contributed by atoms with Gasteiger partial charge >= 0.3 is 0 Å². The van der Waals surface area contributed by atoms with E-state index in [0.29, 0.717) is 23.5 Å². The Morgan fingerprint density at radius 1 is 0.958 bits per heavy atom. The third-order valence-electron chi connectivity index (χ3n) is 3.79. The van der Waals surface area contributed by atoms with E-state index in [2.05, 4.69) is 0 Å². The van der Waals surface area contributed by atoms with Gasteiger partial charge in [-0.25, -0.2) is 4.39 Å². The molecule has 3 aromatic carbocycles. The third kappa shape index (κ3) is 3.55. The van der Waals surface area contributed by atoms with Crippen LogP contribution in [0, 0.1) is 5.82 Å². The van der Waals surface area contributed by atoms with Crippen molar-refractivity contribution in [3.63, 3.8) is 0 Å². The maximum atomic E-state index is 13.3. The van der Waals surface area contributed by atoms with Gasteiger partial charge in [0.05, 0.1) is 5.69 Å². The average Bonchev–Trinajstić information content (AvgIpc) is 2.63. The molecule has 0 fully saturated rings. The van der Waals surface area contributed by atoms with Gasteiger partial charge in [-0.3, -0.25) is 0 Å². The minimum absolute atomic E-state index is 0.00855. The SMILES string of the molecule is Nc1cc(C(O)c2ccccc2OCc2ccccc2)ccc1F. The maximum Gasteiger partial charge on any atom is 0.146 e. The van der Waals surface area contributed by atoms with Gasteiger partial charge < -0.3 is 15.6 Å². The van der Waals surface area contributed by atoms with Crippen molar-refractivity contribution in [2.75, 3.05) is 5.73 Å². The van der Waals surface area contributed by atoms with Gasteiger partial charge in [-0.15, -0.1) is 0 Å². The summed E-state index contributed by atoms with van der Waals surface area (Å²) >= 11 is 0. The maximum absolute atomic E-state index is 13.3. The summed E-state index contributed by atoms with van der Waals surface area (Å²) in [6.45, 7) is 0.399. The van der Waals surface area contributed by atoms with E-state index in [1.807, 2.05) is 42.5 Å². The number of anilines is 1. The zero-order chi connectivity index (χ0) is 16.9. The summed E-state index contributed by atoms with van der Waals surface area (Å²) in [5, 5.41) is 10.6. The first kappa shape index (κ1) is 16.0. The van der Waals surface area contributed by atoms with Crippen LogP contribution >= 0.6 is 0 Å². The molecule has 122 valence electrons. The molecule has 0 amide bonds. The lowest BCUT2D eigenvalue weighted by Crippen LogP contribution is -2.05. The minimum Gasteiger partial charge on any atom is -0.489 e. The summed E-state index contributed by atoms with van der Waals surface area (Å²) in [4.78, 5) is 0. The van der Waals surface area contributed by atoms with Crippen molar-refractivity contribution in [2.45, 2.75) is 12.7 Å². The van der Waals surface area contributed by atoms with Crippen LogP contribution in [0.5, 0.6) is 5.75 Å². The zero-order valence-corrected chi connectivity index (χ0v) is 13.0. The van der Waals surface area contributed by atoms with Crippen LogP contribution in [-0.4, -0.2) is 5.11 Å². The number of aliphatic hydroxyl groups excluding tert-OH is 1. The van der Waals surface area contributed by atoms with E-state index >= 15 is 0 Å². The van der Waals surface area contributed by atoms with Gasteiger partial charge in [0, 0.05) is 5.56 Å². The lowest BCUT2D eigenvalue weighted by molar-refractivity contribution is 0.209. The predicted octanol–water partition coefficient (Wildman–Crippen LogP) is 4.07. The molecule has 3 N–H and O–H groups in total. The lowest BCUT2D eigenvalue weighted by Gasteiger charge is -2.17. The second kappa shape index (κ2) is 7.15. The molecule has 0 aromatic heterocycles. The highest BCUT2D eigenvalue weighted by Gasteiger charge is 2.16. The van der Waals surface area contributed by atoms with Gasteiger partial charge in [0.15, 0.2) is 0 Å². The molecule has 0 aliphatic rings. The molecule has 0 saturated heterocycles. The molecule has 0 aliphatic carbocycles. The fourth-order valence-corrected chi connectivity index (χ4v) is 2.49. The molecule has 0 bridgehead atoms. The second-order valence-electron chi connectivity index (χ2n) is 5.50. The molecular formula is C20H18FNO2. The Labute approximate surface area is 140 Å². The Kier molecular flexibility index (Phi) is 4.77. The van der Waals surface area contributed by atoms with Crippen LogP contribution in [-0.2, 0) is 6.61 Å². The summed E-state index contributed by atoms with van der Waals surface area (Å²) in [7, 11) is 0. The van der Waals surface area contributed by atoms with Crippen LogP contribution in [0.4, 0.5) is 10.1 Å². The molecule has 4 heteroatoms. The van der Waals surface area contributed by atoms with Crippen molar-refractivity contribution >= 4 is 5.69 Å². The minimum atomic E-state index is -0.945. The number of hydrogen-bond donors (Lipinski definition) is 2. The molecule has 1 unspecified atom stereocenters. The smallest absolute Gasteiger partial charge is 0.146 e. The Hall–Kier alpha value is -2.85. The summed E-state index contributed by atoms with van der Waals surface area (Å²) in [5.41, 5.74) is 7.76. The first-order chi connectivity index (χ1) is 11.6. The van der Waals surface area contributed by atoms with Crippen LogP contribution in [0.2, 0.25) is 0 Å². The molecule has 3 rings (SSSR count). The monoisotopic (exact) mass is 323 g/mol. The molecule has 3 aromatic rings. The molecular weight excluding hydrogens is 305 g/mol. The van der Waals surface area contributed by atoms with Gasteiger partial charge in [0.25, 0.3) is 0 Å². The second-order valence-corrected chi connectivity index (χ2v) is 5.50. The number of hydrogen-bond acceptors (Lipinski definition) is 3. The van der Waals surface area contributed by atoms with Crippen molar-refractivity contribution < 1.29 is 14.2 Å². The first-order valence-electron chi connectivity index (χ1n) is 7.64. The van der Waals surface area contributed by atoms with E-state index in [4.69, 9.17) is 10.5 Å². The van der Waals surface area contributed by atoms with Crippen molar-refractivity contribution in [1.29, 1.82) is 0 Å². The summed E-state index contributed by atoms with van der Waals surface area (Å²) in [6.07, 6.45) is -0.945. The molecule has 24 heavy (non-hydrogen) atoms. The lowest BCUT2D eigenvalue weighted by atomic mass is 10.00. The number of aliphatic hydroxyl groups is 1. The Morgan fingerprint density at radius 3 is 2.42 bits per heavy atom. The fraction of sp³-hybridized carbons (Fsp3) is 0.100. The predicted molar refractivity (Wildman–Crippen MR) is 92.1 cm³/mol. The largest absolute Gasteiger partial charge is 0.489 e. The van der Waals surface area contributed by atoms with E-state index in [1.165, 1.54) is 18.2 Å². The summed E-state index contributed by atoms with van der Waals surface area (Å²) in [5.74, 6) is 0.0799. The van der Waals surface area contributed by atoms with E-state index < -0.39 is 11.9 Å². The van der Waals surface area contributed by atoms with E-state index in [1.54, 1.807) is 12.1 Å². The van der Waals surface area contributed by atoms with Crippen LogP contribution in [0.25, 0.3) is 0 Å². The van der Waals surface area contributed by atoms with E-state index in [0.717, 1.165) is 5.56 Å². The molecule has 0 heterocycles. The number of nitrogens with two attached hydrogens (primary N) is 1. The molecule has 0 saturated carbocycles. The van der Waals surface area contributed by atoms with Crippen molar-refractivity contribution in [2.24, 2.45) is 0 Å². The highest BCUT2D eigenvalue weighted by molar-refractivity contribution is 5.47. The summed E-state index contributed by atoms with van der Waals surface area (Å²) < 4.78 is 19.2. The molecule has 0 spiro atoms. The number of benzene rings is 3. The van der Waals surface area contributed by atoms with Crippen molar-refractivity contribution in [3.05, 3.63) is 95.3 Å². The third-order valence-corrected chi connectivity index (χ3v) is 3.79. The Morgan fingerprint density at radius 2 is 1.67 bits per heavy atom. The van der Waals surface area contributed by atoms with Gasteiger partial charge in [-0.1, -0.05) is 54.6 Å². The topological polar surface area (TPSA) is 55.5 Å². The Bertz CT molecular complexity index is 821. The van der Waals surface area contributed by atoms with Gasteiger partial charge in [0.2, 0.25) is 0 Å². The molecule has 0 aliphatic heterocycles. The molecule has 3 nitrogen and oxygen atoms in total. The fourth-order valence-electron chi connectivity index (χ4n) is 2.49. The Balaban J connectivity index is 1.84. The van der Waals surface area contributed by atoms with Crippen LogP contribution < -0.4 is 10.5 Å². The first-order valence-corrected chi connectivity index (χ1v) is 7.64. The van der Waals surface area contributed by atoms with E-state index in [-0.39, 0.29) is 5.69 Å². The van der Waals surface area contributed by atoms with Crippen LogP contribution in [0.1, 0.15) is 22.8 Å². The standard InChI is InChI=1S/C20H18FNO2/c21-17-11-10-15(12-18(17)22)20(23)16-8-4-5-9-19(16)24-13-14-6-2-1-3-7-14/h1-12,20,23H,13,22H2. The van der Waals surface area contributed by atoms with E-state index in [9.17, 15) is 9.50 Å². The van der Waals surface area contributed by atoms with Crippen molar-refractivity contribution in [3.8, 4) is 5.75 Å². The van der Waals surface area contributed by atoms with Gasteiger partial charge in [0.1, 0.15) is 24.3 Å². The van der Waals surface area contributed by atoms with Crippen LogP contribution in [0.15, 0.2) is 72.8 Å². The quantitative estimate of drug-likeness (QED) is 0.696. The van der Waals surface area contributed by atoms with Crippen LogP contribution in [0.3, 0.4) is 0 Å². The number of para-hydroxylation sites is 1. The highest BCUT2D eigenvalue weighted by atomic mass is 19.1. The zero-order valence-electron chi connectivity index (χ0n) is 13.0. The van der Waals surface area contributed by atoms with Gasteiger partial charge in [-0.05, 0) is 29.3 Å². The number of ether oxygens (including phenoxy) is 1. The average molecular weight is 323 g/mol. The molecule has 1 atom stereocenters. The number of nitrogen functional groups attached to an aromatic ring is 1. The normalized spacial score (nSPS) is 11.9. The van der Waals surface area contributed by atoms with Crippen molar-refractivity contribution in [1.82, 2.24) is 0 Å². The highest BCUT2D eigenvalue weighted by Crippen LogP contribution is 2.31. The summed E-state index contributed by atoms with van der Waals surface area (Å²) in [6, 6.07) is 21.2. The van der Waals surface area contributed by atoms with Gasteiger partial charge in [-0.2, -0.15) is 0 Å². The number of rotatable bonds is 5.